The molecule has 23 heavy (non-hydrogen) atoms. The molecule has 2 aromatic carbocycles. The molecule has 3 N–H and O–H groups in total. The van der Waals surface area contributed by atoms with Crippen LogP contribution in [-0.4, -0.2) is 19.1 Å². The molecule has 0 saturated heterocycles. The minimum atomic E-state index is -0.00223. The molecule has 0 aliphatic carbocycles. The van der Waals surface area contributed by atoms with E-state index in [0.29, 0.717) is 32.6 Å². The number of nitrogens with one attached hydrogen (secondary N) is 1. The number of benzene rings is 2. The highest BCUT2D eigenvalue weighted by Crippen LogP contribution is 2.12. The second kappa shape index (κ2) is 9.77. The molecular weight excluding hydrogens is 288 g/mol. The highest BCUT2D eigenvalue weighted by molar-refractivity contribution is 5.90. The molecule has 0 atom stereocenters. The summed E-state index contributed by atoms with van der Waals surface area (Å²) in [6.45, 7) is 1.75. The summed E-state index contributed by atoms with van der Waals surface area (Å²) < 4.78 is 5.72. The number of rotatable bonds is 9. The Morgan fingerprint density at radius 1 is 1.04 bits per heavy atom. The van der Waals surface area contributed by atoms with Crippen molar-refractivity contribution in [2.24, 2.45) is 5.73 Å². The molecule has 0 heterocycles. The first-order valence-corrected chi connectivity index (χ1v) is 7.98. The third kappa shape index (κ3) is 6.63. The minimum absolute atomic E-state index is 0.00223. The highest BCUT2D eigenvalue weighted by Gasteiger charge is 2.02. The molecular formula is C19H24N2O2. The second-order valence-electron chi connectivity index (χ2n) is 5.43. The second-order valence-corrected chi connectivity index (χ2v) is 5.43. The molecule has 0 saturated carbocycles. The molecule has 2 rings (SSSR count). The molecule has 1 amide bonds. The Bertz CT molecular complexity index is 599. The largest absolute Gasteiger partial charge is 0.376 e. The monoisotopic (exact) mass is 312 g/mol. The number of hydrogen-bond acceptors (Lipinski definition) is 3. The van der Waals surface area contributed by atoms with Gasteiger partial charge in [-0.25, -0.2) is 0 Å². The van der Waals surface area contributed by atoms with Crippen molar-refractivity contribution in [1.82, 2.24) is 0 Å². The minimum Gasteiger partial charge on any atom is -0.376 e. The van der Waals surface area contributed by atoms with Crippen LogP contribution in [0.3, 0.4) is 0 Å². The van der Waals surface area contributed by atoms with Gasteiger partial charge in [0.1, 0.15) is 0 Å². The molecule has 2 aromatic rings. The van der Waals surface area contributed by atoms with Gasteiger partial charge < -0.3 is 15.8 Å². The van der Waals surface area contributed by atoms with E-state index >= 15 is 0 Å². The lowest BCUT2D eigenvalue weighted by Crippen LogP contribution is -2.13. The standard InChI is InChI=1S/C19H24N2O2/c20-12-5-10-19(22)21-18-9-4-8-17(14-18)15-23-13-11-16-6-2-1-3-7-16/h1-4,6-9,14H,5,10-13,15,20H2,(H,21,22). The Morgan fingerprint density at radius 3 is 2.61 bits per heavy atom. The number of nitrogens with two attached hydrogens (primary N) is 1. The Hall–Kier alpha value is -2.17. The van der Waals surface area contributed by atoms with Gasteiger partial charge in [-0.05, 0) is 42.6 Å². The lowest BCUT2D eigenvalue weighted by Gasteiger charge is -2.08. The van der Waals surface area contributed by atoms with Crippen molar-refractivity contribution in [3.8, 4) is 0 Å². The van der Waals surface area contributed by atoms with Crippen molar-refractivity contribution in [3.05, 3.63) is 65.7 Å². The first-order chi connectivity index (χ1) is 11.3. The van der Waals surface area contributed by atoms with Gasteiger partial charge in [-0.15, -0.1) is 0 Å². The zero-order valence-corrected chi connectivity index (χ0v) is 13.3. The fourth-order valence-corrected chi connectivity index (χ4v) is 2.25. The Kier molecular flexibility index (Phi) is 7.30. The van der Waals surface area contributed by atoms with Crippen LogP contribution < -0.4 is 11.1 Å². The van der Waals surface area contributed by atoms with Gasteiger partial charge in [0.15, 0.2) is 0 Å². The fraction of sp³-hybridized carbons (Fsp3) is 0.316. The van der Waals surface area contributed by atoms with Gasteiger partial charge in [-0.1, -0.05) is 42.5 Å². The molecule has 122 valence electrons. The maximum absolute atomic E-state index is 11.7. The van der Waals surface area contributed by atoms with Gasteiger partial charge in [0.25, 0.3) is 0 Å². The van der Waals surface area contributed by atoms with Crippen molar-refractivity contribution in [2.45, 2.75) is 25.9 Å². The van der Waals surface area contributed by atoms with Crippen LogP contribution in [0.25, 0.3) is 0 Å². The number of carbonyl (C=O) groups excluding carboxylic acids is 1. The highest BCUT2D eigenvalue weighted by atomic mass is 16.5. The summed E-state index contributed by atoms with van der Waals surface area (Å²) in [6.07, 6.45) is 2.05. The van der Waals surface area contributed by atoms with Gasteiger partial charge in [-0.2, -0.15) is 0 Å². The topological polar surface area (TPSA) is 64.4 Å². The Balaban J connectivity index is 1.75. The van der Waals surface area contributed by atoms with E-state index in [4.69, 9.17) is 10.5 Å². The van der Waals surface area contributed by atoms with Gasteiger partial charge in [0.05, 0.1) is 13.2 Å². The normalized spacial score (nSPS) is 10.5. The van der Waals surface area contributed by atoms with Crippen molar-refractivity contribution >= 4 is 11.6 Å². The van der Waals surface area contributed by atoms with Crippen LogP contribution in [0, 0.1) is 0 Å². The number of hydrogen-bond donors (Lipinski definition) is 2. The summed E-state index contributed by atoms with van der Waals surface area (Å²) in [5.41, 5.74) is 8.53. The predicted octanol–water partition coefficient (Wildman–Crippen LogP) is 3.12. The van der Waals surface area contributed by atoms with Crippen molar-refractivity contribution < 1.29 is 9.53 Å². The predicted molar refractivity (Wildman–Crippen MR) is 93.2 cm³/mol. The molecule has 0 radical (unpaired) electrons. The number of ether oxygens (including phenoxy) is 1. The fourth-order valence-electron chi connectivity index (χ4n) is 2.25. The van der Waals surface area contributed by atoms with E-state index in [9.17, 15) is 4.79 Å². The lowest BCUT2D eigenvalue weighted by atomic mass is 10.2. The summed E-state index contributed by atoms with van der Waals surface area (Å²) >= 11 is 0. The smallest absolute Gasteiger partial charge is 0.224 e. The number of amides is 1. The molecule has 0 unspecified atom stereocenters. The SMILES string of the molecule is NCCCC(=O)Nc1cccc(COCCc2ccccc2)c1. The third-order valence-electron chi connectivity index (χ3n) is 3.47. The van der Waals surface area contributed by atoms with Crippen LogP contribution in [-0.2, 0) is 22.6 Å². The van der Waals surface area contributed by atoms with Crippen LogP contribution in [0.15, 0.2) is 54.6 Å². The average molecular weight is 312 g/mol. The first-order valence-electron chi connectivity index (χ1n) is 7.98. The molecule has 0 spiro atoms. The van der Waals surface area contributed by atoms with Crippen LogP contribution in [0.2, 0.25) is 0 Å². The third-order valence-corrected chi connectivity index (χ3v) is 3.47. The molecule has 0 aromatic heterocycles. The van der Waals surface area contributed by atoms with Crippen LogP contribution in [0.5, 0.6) is 0 Å². The van der Waals surface area contributed by atoms with Gasteiger partial charge in [0, 0.05) is 12.1 Å². The quantitative estimate of drug-likeness (QED) is 0.699. The van der Waals surface area contributed by atoms with E-state index < -0.39 is 0 Å². The maximum Gasteiger partial charge on any atom is 0.224 e. The average Bonchev–Trinajstić information content (AvgIpc) is 2.58. The van der Waals surface area contributed by atoms with Crippen molar-refractivity contribution in [2.75, 3.05) is 18.5 Å². The van der Waals surface area contributed by atoms with Crippen LogP contribution >= 0.6 is 0 Å². The first kappa shape index (κ1) is 17.2. The van der Waals surface area contributed by atoms with E-state index in [1.165, 1.54) is 5.56 Å². The molecule has 0 aliphatic rings. The Labute approximate surface area is 137 Å². The number of anilines is 1. The zero-order chi connectivity index (χ0) is 16.3. The van der Waals surface area contributed by atoms with E-state index in [2.05, 4.69) is 17.4 Å². The van der Waals surface area contributed by atoms with E-state index in [0.717, 1.165) is 17.7 Å². The molecule has 0 fully saturated rings. The summed E-state index contributed by atoms with van der Waals surface area (Å²) in [7, 11) is 0. The van der Waals surface area contributed by atoms with Crippen LogP contribution in [0.1, 0.15) is 24.0 Å². The molecule has 4 nitrogen and oxygen atoms in total. The van der Waals surface area contributed by atoms with E-state index in [1.54, 1.807) is 0 Å². The molecule has 4 heteroatoms. The van der Waals surface area contributed by atoms with Gasteiger partial charge in [-0.3, -0.25) is 4.79 Å². The zero-order valence-electron chi connectivity index (χ0n) is 13.3. The van der Waals surface area contributed by atoms with Crippen LogP contribution in [0.4, 0.5) is 5.69 Å². The van der Waals surface area contributed by atoms with Crippen molar-refractivity contribution in [1.29, 1.82) is 0 Å². The lowest BCUT2D eigenvalue weighted by molar-refractivity contribution is -0.116. The van der Waals surface area contributed by atoms with Crippen molar-refractivity contribution in [3.63, 3.8) is 0 Å². The Morgan fingerprint density at radius 2 is 1.83 bits per heavy atom. The number of carbonyl (C=O) groups is 1. The summed E-state index contributed by atoms with van der Waals surface area (Å²) in [6, 6.07) is 18.0. The van der Waals surface area contributed by atoms with E-state index in [-0.39, 0.29) is 5.91 Å². The molecule has 0 aliphatic heterocycles. The summed E-state index contributed by atoms with van der Waals surface area (Å²) in [5, 5.41) is 2.88. The van der Waals surface area contributed by atoms with E-state index in [1.807, 2.05) is 42.5 Å². The van der Waals surface area contributed by atoms with Gasteiger partial charge in [0.2, 0.25) is 5.91 Å². The summed E-state index contributed by atoms with van der Waals surface area (Å²) in [4.78, 5) is 11.7. The van der Waals surface area contributed by atoms with Gasteiger partial charge >= 0.3 is 0 Å². The molecule has 0 bridgehead atoms. The maximum atomic E-state index is 11.7. The summed E-state index contributed by atoms with van der Waals surface area (Å²) in [5.74, 6) is -0.00223.